The summed E-state index contributed by atoms with van der Waals surface area (Å²) in [5.74, 6) is 0. The summed E-state index contributed by atoms with van der Waals surface area (Å²) in [6.45, 7) is 2.68. The zero-order chi connectivity index (χ0) is 19.1. The average molecular weight is 370 g/mol. The van der Waals surface area contributed by atoms with Gasteiger partial charge in [0.2, 0.25) is 0 Å². The maximum atomic E-state index is 12.4. The first-order chi connectivity index (χ1) is 13.7. The number of nitrogens with zero attached hydrogens (tertiary/aromatic N) is 3. The van der Waals surface area contributed by atoms with Crippen LogP contribution >= 0.6 is 0 Å². The molecule has 0 spiro atoms. The molecule has 0 saturated carbocycles. The summed E-state index contributed by atoms with van der Waals surface area (Å²) in [6.07, 6.45) is 3.36. The second kappa shape index (κ2) is 6.77. The SMILES string of the molecule is Cn1nc(CN2CC=C(c3ccccc3)CC2)c2c3ccccc3c(=O)[nH]c21. The van der Waals surface area contributed by atoms with Crippen molar-refractivity contribution >= 4 is 27.4 Å². The number of fused-ring (bicyclic) bond motifs is 3. The van der Waals surface area contributed by atoms with E-state index in [1.165, 1.54) is 11.1 Å². The highest BCUT2D eigenvalue weighted by atomic mass is 16.1. The Bertz CT molecular complexity index is 1250. The molecule has 0 saturated heterocycles. The number of hydrogen-bond donors (Lipinski definition) is 1. The number of aromatic nitrogens is 3. The molecule has 140 valence electrons. The Labute approximate surface area is 162 Å². The van der Waals surface area contributed by atoms with Crippen LogP contribution in [-0.4, -0.2) is 32.8 Å². The Morgan fingerprint density at radius 2 is 1.79 bits per heavy atom. The van der Waals surface area contributed by atoms with Crippen LogP contribution in [0.3, 0.4) is 0 Å². The molecule has 1 aliphatic heterocycles. The van der Waals surface area contributed by atoms with Crippen LogP contribution in [0.5, 0.6) is 0 Å². The molecular weight excluding hydrogens is 348 g/mol. The molecule has 1 aliphatic rings. The molecule has 0 amide bonds. The molecule has 5 rings (SSSR count). The fourth-order valence-electron chi connectivity index (χ4n) is 4.17. The Balaban J connectivity index is 1.49. The zero-order valence-corrected chi connectivity index (χ0v) is 15.9. The lowest BCUT2D eigenvalue weighted by atomic mass is 9.99. The third-order valence-corrected chi connectivity index (χ3v) is 5.60. The maximum Gasteiger partial charge on any atom is 0.257 e. The largest absolute Gasteiger partial charge is 0.306 e. The lowest BCUT2D eigenvalue weighted by Gasteiger charge is -2.26. The number of rotatable bonds is 3. The van der Waals surface area contributed by atoms with Crippen molar-refractivity contribution < 1.29 is 0 Å². The molecule has 5 nitrogen and oxygen atoms in total. The van der Waals surface area contributed by atoms with E-state index in [0.29, 0.717) is 5.39 Å². The maximum absolute atomic E-state index is 12.4. The zero-order valence-electron chi connectivity index (χ0n) is 15.9. The number of pyridine rings is 1. The summed E-state index contributed by atoms with van der Waals surface area (Å²) >= 11 is 0. The monoisotopic (exact) mass is 370 g/mol. The van der Waals surface area contributed by atoms with Gasteiger partial charge in [0.15, 0.2) is 0 Å². The summed E-state index contributed by atoms with van der Waals surface area (Å²) in [5.41, 5.74) is 4.47. The Kier molecular flexibility index (Phi) is 4.10. The second-order valence-electron chi connectivity index (χ2n) is 7.37. The molecule has 2 aromatic carbocycles. The van der Waals surface area contributed by atoms with E-state index < -0.39 is 0 Å². The van der Waals surface area contributed by atoms with Crippen molar-refractivity contribution in [1.82, 2.24) is 19.7 Å². The first-order valence-corrected chi connectivity index (χ1v) is 9.64. The fourth-order valence-corrected chi connectivity index (χ4v) is 4.17. The number of aromatic amines is 1. The van der Waals surface area contributed by atoms with Gasteiger partial charge in [0.25, 0.3) is 5.56 Å². The van der Waals surface area contributed by atoms with Gasteiger partial charge in [0.1, 0.15) is 5.65 Å². The minimum atomic E-state index is -0.0638. The highest BCUT2D eigenvalue weighted by molar-refractivity contribution is 6.05. The molecule has 5 heteroatoms. The topological polar surface area (TPSA) is 53.9 Å². The lowest BCUT2D eigenvalue weighted by Crippen LogP contribution is -2.28. The van der Waals surface area contributed by atoms with Gasteiger partial charge in [-0.1, -0.05) is 54.6 Å². The number of benzene rings is 2. The average Bonchev–Trinajstić information content (AvgIpc) is 3.04. The Morgan fingerprint density at radius 1 is 1.04 bits per heavy atom. The molecule has 4 aromatic rings. The minimum absolute atomic E-state index is 0.0638. The van der Waals surface area contributed by atoms with Crippen LogP contribution in [0.4, 0.5) is 0 Å². The van der Waals surface area contributed by atoms with E-state index in [4.69, 9.17) is 5.10 Å². The second-order valence-corrected chi connectivity index (χ2v) is 7.37. The molecule has 0 unspecified atom stereocenters. The van der Waals surface area contributed by atoms with Gasteiger partial charge in [-0.05, 0) is 23.6 Å². The highest BCUT2D eigenvalue weighted by Gasteiger charge is 2.19. The molecule has 0 fully saturated rings. The van der Waals surface area contributed by atoms with E-state index in [1.54, 1.807) is 4.68 Å². The molecule has 2 aromatic heterocycles. The van der Waals surface area contributed by atoms with Crippen LogP contribution < -0.4 is 5.56 Å². The van der Waals surface area contributed by atoms with Crippen molar-refractivity contribution in [2.45, 2.75) is 13.0 Å². The Hall–Kier alpha value is -3.18. The molecule has 28 heavy (non-hydrogen) atoms. The molecule has 0 bridgehead atoms. The molecule has 0 aliphatic carbocycles. The van der Waals surface area contributed by atoms with Gasteiger partial charge < -0.3 is 4.98 Å². The van der Waals surface area contributed by atoms with Gasteiger partial charge in [-0.3, -0.25) is 14.4 Å². The summed E-state index contributed by atoms with van der Waals surface area (Å²) in [4.78, 5) is 17.8. The van der Waals surface area contributed by atoms with Crippen LogP contribution in [-0.2, 0) is 13.6 Å². The minimum Gasteiger partial charge on any atom is -0.306 e. The summed E-state index contributed by atoms with van der Waals surface area (Å²) in [6, 6.07) is 18.4. The van der Waals surface area contributed by atoms with Crippen molar-refractivity contribution in [3.63, 3.8) is 0 Å². The summed E-state index contributed by atoms with van der Waals surface area (Å²) in [7, 11) is 1.89. The van der Waals surface area contributed by atoms with Crippen molar-refractivity contribution in [2.75, 3.05) is 13.1 Å². The van der Waals surface area contributed by atoms with Crippen LogP contribution in [0, 0.1) is 0 Å². The fraction of sp³-hybridized carbons (Fsp3) is 0.217. The van der Waals surface area contributed by atoms with Gasteiger partial charge in [-0.15, -0.1) is 0 Å². The summed E-state index contributed by atoms with van der Waals surface area (Å²) < 4.78 is 1.79. The number of hydrogen-bond acceptors (Lipinski definition) is 3. The van der Waals surface area contributed by atoms with Gasteiger partial charge >= 0.3 is 0 Å². The predicted molar refractivity (Wildman–Crippen MR) is 113 cm³/mol. The number of H-pyrrole nitrogens is 1. The Morgan fingerprint density at radius 3 is 2.54 bits per heavy atom. The van der Waals surface area contributed by atoms with Gasteiger partial charge in [0.05, 0.1) is 5.69 Å². The van der Waals surface area contributed by atoms with Crippen molar-refractivity contribution in [3.8, 4) is 0 Å². The third-order valence-electron chi connectivity index (χ3n) is 5.60. The van der Waals surface area contributed by atoms with Gasteiger partial charge in [0, 0.05) is 42.8 Å². The predicted octanol–water partition coefficient (Wildman–Crippen LogP) is 3.70. The number of aryl methyl sites for hydroxylation is 1. The lowest BCUT2D eigenvalue weighted by molar-refractivity contribution is 0.290. The van der Waals surface area contributed by atoms with Crippen molar-refractivity contribution in [3.05, 3.63) is 82.3 Å². The van der Waals surface area contributed by atoms with E-state index in [2.05, 4.69) is 46.3 Å². The molecule has 0 radical (unpaired) electrons. The first-order valence-electron chi connectivity index (χ1n) is 9.64. The van der Waals surface area contributed by atoms with E-state index in [0.717, 1.165) is 48.2 Å². The highest BCUT2D eigenvalue weighted by Crippen LogP contribution is 2.27. The quantitative estimate of drug-likeness (QED) is 0.598. The molecule has 1 N–H and O–H groups in total. The third kappa shape index (κ3) is 2.84. The van der Waals surface area contributed by atoms with Gasteiger partial charge in [-0.2, -0.15) is 5.10 Å². The van der Waals surface area contributed by atoms with Crippen molar-refractivity contribution in [2.24, 2.45) is 7.05 Å². The van der Waals surface area contributed by atoms with E-state index >= 15 is 0 Å². The van der Waals surface area contributed by atoms with Crippen LogP contribution in [0.1, 0.15) is 17.7 Å². The smallest absolute Gasteiger partial charge is 0.257 e. The van der Waals surface area contributed by atoms with Gasteiger partial charge in [-0.25, -0.2) is 0 Å². The van der Waals surface area contributed by atoms with Crippen LogP contribution in [0.25, 0.3) is 27.4 Å². The van der Waals surface area contributed by atoms with E-state index in [1.807, 2.05) is 31.3 Å². The van der Waals surface area contributed by atoms with E-state index in [-0.39, 0.29) is 5.56 Å². The molecule has 3 heterocycles. The van der Waals surface area contributed by atoms with Crippen molar-refractivity contribution in [1.29, 1.82) is 0 Å². The summed E-state index contributed by atoms with van der Waals surface area (Å²) in [5, 5.41) is 7.48. The number of nitrogens with one attached hydrogen (secondary N) is 1. The first kappa shape index (κ1) is 17.0. The van der Waals surface area contributed by atoms with Crippen LogP contribution in [0.2, 0.25) is 0 Å². The molecular formula is C23H22N4O. The normalized spacial score (nSPS) is 15.2. The standard InChI is InChI=1S/C23H22N4O/c1-26-22-21(18-9-5-6-10-19(18)23(28)24-22)20(25-26)15-27-13-11-17(12-14-27)16-7-3-2-4-8-16/h2-11H,12-15H2,1H3,(H,24,28). The van der Waals surface area contributed by atoms with E-state index in [9.17, 15) is 4.79 Å². The van der Waals surface area contributed by atoms with Crippen LogP contribution in [0.15, 0.2) is 65.5 Å². The molecule has 0 atom stereocenters.